The summed E-state index contributed by atoms with van der Waals surface area (Å²) in [6, 6.07) is 5.45. The Bertz CT molecular complexity index is 660. The van der Waals surface area contributed by atoms with Crippen molar-refractivity contribution in [2.75, 3.05) is 11.5 Å². The lowest BCUT2D eigenvalue weighted by Gasteiger charge is -2.23. The van der Waals surface area contributed by atoms with Crippen molar-refractivity contribution in [2.45, 2.75) is 32.7 Å². The van der Waals surface area contributed by atoms with Gasteiger partial charge in [0.25, 0.3) is 0 Å². The van der Waals surface area contributed by atoms with Gasteiger partial charge in [-0.3, -0.25) is 0 Å². The summed E-state index contributed by atoms with van der Waals surface area (Å²) in [4.78, 5) is 16.0. The van der Waals surface area contributed by atoms with E-state index in [4.69, 9.17) is 0 Å². The molecule has 0 bridgehead atoms. The first-order valence-corrected chi connectivity index (χ1v) is 8.65. The van der Waals surface area contributed by atoms with Crippen LogP contribution in [0.15, 0.2) is 18.2 Å². The summed E-state index contributed by atoms with van der Waals surface area (Å²) in [5.41, 5.74) is 1.90. The lowest BCUT2D eigenvalue weighted by Crippen LogP contribution is -2.17. The van der Waals surface area contributed by atoms with Crippen LogP contribution in [-0.4, -0.2) is 32.1 Å². The first kappa shape index (κ1) is 14.4. The average molecular weight is 304 g/mol. The molecule has 1 aliphatic heterocycles. The number of benzene rings is 1. The van der Waals surface area contributed by atoms with Gasteiger partial charge in [-0.25, -0.2) is 9.78 Å². The second kappa shape index (κ2) is 6.10. The molecule has 2 heterocycles. The lowest BCUT2D eigenvalue weighted by molar-refractivity contribution is 0.0699. The van der Waals surface area contributed by atoms with E-state index in [0.29, 0.717) is 17.0 Å². The molecule has 1 N–H and O–H groups in total. The third kappa shape index (κ3) is 2.79. The molecule has 0 atom stereocenters. The van der Waals surface area contributed by atoms with E-state index < -0.39 is 5.97 Å². The van der Waals surface area contributed by atoms with E-state index in [9.17, 15) is 9.90 Å². The number of nitrogens with zero attached hydrogens (tertiary/aromatic N) is 2. The van der Waals surface area contributed by atoms with Gasteiger partial charge in [0.05, 0.1) is 11.1 Å². The van der Waals surface area contributed by atoms with E-state index in [-0.39, 0.29) is 0 Å². The van der Waals surface area contributed by atoms with Crippen LogP contribution in [0.1, 0.15) is 35.9 Å². The van der Waals surface area contributed by atoms with Gasteiger partial charge in [0.1, 0.15) is 11.3 Å². The molecule has 0 amide bonds. The summed E-state index contributed by atoms with van der Waals surface area (Å²) in [7, 11) is 0. The zero-order valence-electron chi connectivity index (χ0n) is 12.2. The number of carboxylic acid groups (broad SMARTS) is 1. The van der Waals surface area contributed by atoms with Crippen LogP contribution in [0.4, 0.5) is 0 Å². The van der Waals surface area contributed by atoms with Crippen LogP contribution in [0.25, 0.3) is 11.0 Å². The van der Waals surface area contributed by atoms with Crippen LogP contribution in [0, 0.1) is 5.92 Å². The largest absolute Gasteiger partial charge is 0.478 e. The summed E-state index contributed by atoms with van der Waals surface area (Å²) in [5.74, 6) is 3.25. The normalized spacial score (nSPS) is 16.4. The van der Waals surface area contributed by atoms with Crippen LogP contribution < -0.4 is 0 Å². The molecule has 1 aromatic heterocycles. The number of para-hydroxylation sites is 1. The quantitative estimate of drug-likeness (QED) is 0.940. The number of aryl methyl sites for hydroxylation is 1. The standard InChI is InChI=1S/C16H20N2O2S/c1-2-14-17-15-12(16(19)20)4-3-5-13(15)18(14)10-11-6-8-21-9-7-11/h3-5,11H,2,6-10H2,1H3,(H,19,20). The van der Waals surface area contributed by atoms with Crippen molar-refractivity contribution in [3.63, 3.8) is 0 Å². The van der Waals surface area contributed by atoms with Gasteiger partial charge in [-0.15, -0.1) is 0 Å². The molecule has 0 unspecified atom stereocenters. The SMILES string of the molecule is CCc1nc2c(C(=O)O)cccc2n1CC1CCSCC1. The van der Waals surface area contributed by atoms with Gasteiger partial charge in [-0.05, 0) is 42.4 Å². The number of aromatic nitrogens is 2. The number of hydrogen-bond donors (Lipinski definition) is 1. The second-order valence-corrected chi connectivity index (χ2v) is 6.75. The molecule has 4 nitrogen and oxygen atoms in total. The van der Waals surface area contributed by atoms with Gasteiger partial charge in [-0.1, -0.05) is 13.0 Å². The number of aromatic carboxylic acids is 1. The number of carboxylic acids is 1. The Hall–Kier alpha value is -1.49. The number of imidazole rings is 1. The van der Waals surface area contributed by atoms with E-state index in [1.165, 1.54) is 24.3 Å². The van der Waals surface area contributed by atoms with Gasteiger partial charge in [0, 0.05) is 13.0 Å². The number of thioether (sulfide) groups is 1. The highest BCUT2D eigenvalue weighted by atomic mass is 32.2. The maximum absolute atomic E-state index is 11.4. The van der Waals surface area contributed by atoms with E-state index in [0.717, 1.165) is 24.3 Å². The van der Waals surface area contributed by atoms with Gasteiger partial charge in [-0.2, -0.15) is 11.8 Å². The van der Waals surface area contributed by atoms with Crippen LogP contribution in [-0.2, 0) is 13.0 Å². The Kier molecular flexibility index (Phi) is 4.19. The molecular weight excluding hydrogens is 284 g/mol. The molecule has 0 saturated carbocycles. The molecule has 1 saturated heterocycles. The summed E-state index contributed by atoms with van der Waals surface area (Å²) in [6.07, 6.45) is 3.31. The summed E-state index contributed by atoms with van der Waals surface area (Å²) in [5, 5.41) is 9.33. The predicted molar refractivity (Wildman–Crippen MR) is 86.1 cm³/mol. The maximum atomic E-state index is 11.4. The van der Waals surface area contributed by atoms with E-state index in [1.807, 2.05) is 23.9 Å². The van der Waals surface area contributed by atoms with Crippen LogP contribution >= 0.6 is 11.8 Å². The molecule has 3 rings (SSSR count). The molecule has 0 aliphatic carbocycles. The third-order valence-electron chi connectivity index (χ3n) is 4.19. The molecule has 112 valence electrons. The van der Waals surface area contributed by atoms with Crippen molar-refractivity contribution in [3.05, 3.63) is 29.6 Å². The summed E-state index contributed by atoms with van der Waals surface area (Å²) >= 11 is 2.03. The first-order valence-electron chi connectivity index (χ1n) is 7.50. The minimum absolute atomic E-state index is 0.306. The van der Waals surface area contributed by atoms with Crippen molar-refractivity contribution in [2.24, 2.45) is 5.92 Å². The van der Waals surface area contributed by atoms with Crippen molar-refractivity contribution in [1.29, 1.82) is 0 Å². The predicted octanol–water partition coefficient (Wildman–Crippen LogP) is 3.44. The summed E-state index contributed by atoms with van der Waals surface area (Å²) < 4.78 is 2.24. The monoisotopic (exact) mass is 304 g/mol. The highest BCUT2D eigenvalue weighted by molar-refractivity contribution is 7.99. The zero-order chi connectivity index (χ0) is 14.8. The Morgan fingerprint density at radius 3 is 2.86 bits per heavy atom. The number of fused-ring (bicyclic) bond motifs is 1. The van der Waals surface area contributed by atoms with Crippen LogP contribution in [0.2, 0.25) is 0 Å². The minimum Gasteiger partial charge on any atom is -0.478 e. The molecule has 21 heavy (non-hydrogen) atoms. The van der Waals surface area contributed by atoms with Crippen molar-refractivity contribution >= 4 is 28.8 Å². The van der Waals surface area contributed by atoms with Gasteiger partial charge < -0.3 is 9.67 Å². The van der Waals surface area contributed by atoms with Crippen molar-refractivity contribution in [3.8, 4) is 0 Å². The number of carbonyl (C=O) groups is 1. The third-order valence-corrected chi connectivity index (χ3v) is 5.23. The molecule has 1 aliphatic rings. The van der Waals surface area contributed by atoms with Crippen molar-refractivity contribution in [1.82, 2.24) is 9.55 Å². The van der Waals surface area contributed by atoms with Crippen LogP contribution in [0.3, 0.4) is 0 Å². The Labute approximate surface area is 128 Å². The lowest BCUT2D eigenvalue weighted by atomic mass is 10.0. The summed E-state index contributed by atoms with van der Waals surface area (Å²) in [6.45, 7) is 3.04. The Balaban J connectivity index is 2.03. The average Bonchev–Trinajstić information content (AvgIpc) is 2.86. The molecule has 2 aromatic rings. The Morgan fingerprint density at radius 1 is 1.43 bits per heavy atom. The fourth-order valence-electron chi connectivity index (χ4n) is 3.03. The molecule has 0 radical (unpaired) electrons. The van der Waals surface area contributed by atoms with Crippen LogP contribution in [0.5, 0.6) is 0 Å². The highest BCUT2D eigenvalue weighted by Crippen LogP contribution is 2.27. The minimum atomic E-state index is -0.901. The molecule has 0 spiro atoms. The van der Waals surface area contributed by atoms with Gasteiger partial charge in [0.2, 0.25) is 0 Å². The van der Waals surface area contributed by atoms with Crippen molar-refractivity contribution < 1.29 is 9.90 Å². The Morgan fingerprint density at radius 2 is 2.19 bits per heavy atom. The van der Waals surface area contributed by atoms with E-state index in [2.05, 4.69) is 16.5 Å². The number of hydrogen-bond acceptors (Lipinski definition) is 3. The van der Waals surface area contributed by atoms with Gasteiger partial charge >= 0.3 is 5.97 Å². The number of rotatable bonds is 4. The fourth-order valence-corrected chi connectivity index (χ4v) is 4.23. The zero-order valence-corrected chi connectivity index (χ0v) is 13.0. The maximum Gasteiger partial charge on any atom is 0.337 e. The molecule has 5 heteroatoms. The first-order chi connectivity index (χ1) is 10.2. The molecular formula is C16H20N2O2S. The molecule has 1 aromatic carbocycles. The van der Waals surface area contributed by atoms with E-state index >= 15 is 0 Å². The highest BCUT2D eigenvalue weighted by Gasteiger charge is 2.20. The smallest absolute Gasteiger partial charge is 0.337 e. The van der Waals surface area contributed by atoms with E-state index in [1.54, 1.807) is 6.07 Å². The molecule has 1 fully saturated rings. The van der Waals surface area contributed by atoms with Gasteiger partial charge in [0.15, 0.2) is 0 Å². The topological polar surface area (TPSA) is 55.1 Å². The second-order valence-electron chi connectivity index (χ2n) is 5.53. The fraction of sp³-hybridized carbons (Fsp3) is 0.500.